The van der Waals surface area contributed by atoms with Crippen LogP contribution in [0.2, 0.25) is 0 Å². The van der Waals surface area contributed by atoms with E-state index in [-0.39, 0.29) is 19.0 Å². The van der Waals surface area contributed by atoms with Crippen molar-refractivity contribution in [3.8, 4) is 0 Å². The molecule has 0 aliphatic heterocycles. The summed E-state index contributed by atoms with van der Waals surface area (Å²) in [6.45, 7) is -1.06. The first-order chi connectivity index (χ1) is 5.83. The highest BCUT2D eigenvalue weighted by atomic mass is 35.5. The lowest BCUT2D eigenvalue weighted by atomic mass is 10.3. The monoisotopic (exact) mass is 239 g/mol. The third kappa shape index (κ3) is 3.96. The third-order valence-corrected chi connectivity index (χ3v) is 1.89. The van der Waals surface area contributed by atoms with Crippen LogP contribution in [0.3, 0.4) is 0 Å². The lowest BCUT2D eigenvalue weighted by Crippen LogP contribution is -2.45. The van der Waals surface area contributed by atoms with Crippen LogP contribution in [0, 0.1) is 5.92 Å². The van der Waals surface area contributed by atoms with Gasteiger partial charge in [-0.1, -0.05) is 0 Å². The van der Waals surface area contributed by atoms with Gasteiger partial charge in [0.25, 0.3) is 0 Å². The molecular weight excluding hydrogens is 229 g/mol. The number of nitrogens with one attached hydrogen (secondary N) is 1. The van der Waals surface area contributed by atoms with Gasteiger partial charge in [0.1, 0.15) is 0 Å². The van der Waals surface area contributed by atoms with Crippen LogP contribution in [0.1, 0.15) is 12.8 Å². The van der Waals surface area contributed by atoms with Crippen molar-refractivity contribution in [3.63, 3.8) is 0 Å². The average molecular weight is 240 g/mol. The summed E-state index contributed by atoms with van der Waals surface area (Å²) in [6.07, 6.45) is -3.60. The Bertz CT molecular complexity index is 177. The Hall–Kier alpha value is -0.100. The molecule has 14 heavy (non-hydrogen) atoms. The highest BCUT2D eigenvalue weighted by Gasteiger charge is 2.56. The lowest BCUT2D eigenvalue weighted by molar-refractivity contribution is -0.279. The van der Waals surface area contributed by atoms with E-state index >= 15 is 0 Å². The molecule has 1 N–H and O–H groups in total. The SMILES string of the molecule is Cl.FC(F)(F)C(F)(F)CNCC1CC1. The van der Waals surface area contributed by atoms with Crippen LogP contribution in [-0.4, -0.2) is 25.2 Å². The maximum absolute atomic E-state index is 12.2. The Morgan fingerprint density at radius 3 is 1.93 bits per heavy atom. The van der Waals surface area contributed by atoms with E-state index in [0.29, 0.717) is 5.92 Å². The molecule has 0 heterocycles. The second-order valence-electron chi connectivity index (χ2n) is 3.28. The summed E-state index contributed by atoms with van der Waals surface area (Å²) in [5.41, 5.74) is 0. The van der Waals surface area contributed by atoms with Gasteiger partial charge in [0.05, 0.1) is 6.54 Å². The molecule has 1 aliphatic carbocycles. The van der Waals surface area contributed by atoms with Gasteiger partial charge >= 0.3 is 12.1 Å². The van der Waals surface area contributed by atoms with Crippen molar-refractivity contribution in [2.24, 2.45) is 5.92 Å². The smallest absolute Gasteiger partial charge is 0.311 e. The van der Waals surface area contributed by atoms with Crippen LogP contribution in [-0.2, 0) is 0 Å². The molecule has 0 unspecified atom stereocenters. The van der Waals surface area contributed by atoms with Crippen molar-refractivity contribution in [2.45, 2.75) is 24.9 Å². The fourth-order valence-electron chi connectivity index (χ4n) is 0.855. The van der Waals surface area contributed by atoms with Crippen LogP contribution in [0.15, 0.2) is 0 Å². The van der Waals surface area contributed by atoms with Gasteiger partial charge in [-0.3, -0.25) is 0 Å². The normalized spacial score (nSPS) is 17.8. The molecule has 0 spiro atoms. The minimum Gasteiger partial charge on any atom is -0.311 e. The van der Waals surface area contributed by atoms with Crippen molar-refractivity contribution >= 4 is 12.4 Å². The molecule has 0 atom stereocenters. The Kier molecular flexibility index (Phi) is 4.58. The Labute approximate surface area is 84.5 Å². The Morgan fingerprint density at radius 2 is 1.57 bits per heavy atom. The molecular formula is C7H11ClF5N. The van der Waals surface area contributed by atoms with Gasteiger partial charge in [-0.25, -0.2) is 0 Å². The second kappa shape index (κ2) is 4.61. The zero-order valence-corrected chi connectivity index (χ0v) is 8.02. The highest BCUT2D eigenvalue weighted by Crippen LogP contribution is 2.35. The van der Waals surface area contributed by atoms with Gasteiger partial charge < -0.3 is 5.32 Å². The minimum absolute atomic E-state index is 0. The van der Waals surface area contributed by atoms with Crippen molar-refractivity contribution in [1.82, 2.24) is 5.32 Å². The topological polar surface area (TPSA) is 12.0 Å². The quantitative estimate of drug-likeness (QED) is 0.744. The predicted molar refractivity (Wildman–Crippen MR) is 43.8 cm³/mol. The maximum Gasteiger partial charge on any atom is 0.454 e. The van der Waals surface area contributed by atoms with E-state index in [1.165, 1.54) is 0 Å². The summed E-state index contributed by atoms with van der Waals surface area (Å²) in [6, 6.07) is 0. The van der Waals surface area contributed by atoms with Gasteiger partial charge in [-0.2, -0.15) is 22.0 Å². The molecule has 86 valence electrons. The van der Waals surface area contributed by atoms with E-state index < -0.39 is 18.6 Å². The van der Waals surface area contributed by atoms with Crippen LogP contribution in [0.5, 0.6) is 0 Å². The standard InChI is InChI=1S/C7H10F5N.ClH/c8-6(9,7(10,11)12)4-13-3-5-1-2-5;/h5,13H,1-4H2;1H. The highest BCUT2D eigenvalue weighted by molar-refractivity contribution is 5.85. The van der Waals surface area contributed by atoms with E-state index in [9.17, 15) is 22.0 Å². The minimum atomic E-state index is -5.44. The summed E-state index contributed by atoms with van der Waals surface area (Å²) in [4.78, 5) is 0. The fraction of sp³-hybridized carbons (Fsp3) is 1.00. The molecule has 0 saturated heterocycles. The van der Waals surface area contributed by atoms with Gasteiger partial charge in [0.15, 0.2) is 0 Å². The van der Waals surface area contributed by atoms with Crippen LogP contribution >= 0.6 is 12.4 Å². The molecule has 0 aromatic heterocycles. The molecule has 1 saturated carbocycles. The van der Waals surface area contributed by atoms with Crippen LogP contribution in [0.25, 0.3) is 0 Å². The summed E-state index contributed by atoms with van der Waals surface area (Å²) >= 11 is 0. The van der Waals surface area contributed by atoms with Crippen LogP contribution in [0.4, 0.5) is 22.0 Å². The van der Waals surface area contributed by atoms with E-state index in [0.717, 1.165) is 12.8 Å². The summed E-state index contributed by atoms with van der Waals surface area (Å²) in [5.74, 6) is -4.31. The zero-order chi connectivity index (χ0) is 10.1. The fourth-order valence-corrected chi connectivity index (χ4v) is 0.855. The van der Waals surface area contributed by atoms with Crippen molar-refractivity contribution in [3.05, 3.63) is 0 Å². The first-order valence-corrected chi connectivity index (χ1v) is 3.98. The molecule has 1 fully saturated rings. The number of halogens is 6. The van der Waals surface area contributed by atoms with E-state index in [2.05, 4.69) is 5.32 Å². The van der Waals surface area contributed by atoms with Gasteiger partial charge in [0.2, 0.25) is 0 Å². The lowest BCUT2D eigenvalue weighted by Gasteiger charge is -2.19. The second-order valence-corrected chi connectivity index (χ2v) is 3.28. The third-order valence-electron chi connectivity index (χ3n) is 1.89. The molecule has 0 bridgehead atoms. The van der Waals surface area contributed by atoms with E-state index in [4.69, 9.17) is 0 Å². The van der Waals surface area contributed by atoms with Crippen molar-refractivity contribution < 1.29 is 22.0 Å². The van der Waals surface area contributed by atoms with Gasteiger partial charge in [-0.15, -0.1) is 12.4 Å². The van der Waals surface area contributed by atoms with Crippen molar-refractivity contribution in [2.75, 3.05) is 13.1 Å². The molecule has 0 radical (unpaired) electrons. The van der Waals surface area contributed by atoms with E-state index in [1.54, 1.807) is 0 Å². The number of hydrogen-bond donors (Lipinski definition) is 1. The first kappa shape index (κ1) is 13.9. The number of alkyl halides is 5. The molecule has 0 aromatic rings. The molecule has 1 rings (SSSR count). The molecule has 0 amide bonds. The van der Waals surface area contributed by atoms with E-state index in [1.807, 2.05) is 0 Å². The molecule has 1 aliphatic rings. The average Bonchev–Trinajstić information content (AvgIpc) is 2.68. The van der Waals surface area contributed by atoms with Gasteiger partial charge in [-0.05, 0) is 25.3 Å². The Balaban J connectivity index is 0.00000169. The summed E-state index contributed by atoms with van der Waals surface area (Å²) in [5, 5.41) is 2.12. The molecule has 0 aromatic carbocycles. The number of hydrogen-bond acceptors (Lipinski definition) is 1. The largest absolute Gasteiger partial charge is 0.454 e. The number of rotatable bonds is 4. The summed E-state index contributed by atoms with van der Waals surface area (Å²) in [7, 11) is 0. The van der Waals surface area contributed by atoms with Gasteiger partial charge in [0, 0.05) is 0 Å². The van der Waals surface area contributed by atoms with Crippen molar-refractivity contribution in [1.29, 1.82) is 0 Å². The van der Waals surface area contributed by atoms with Crippen LogP contribution < -0.4 is 5.32 Å². The predicted octanol–water partition coefficient (Wildman–Crippen LogP) is 2.61. The zero-order valence-electron chi connectivity index (χ0n) is 7.20. The first-order valence-electron chi connectivity index (χ1n) is 3.98. The molecule has 1 nitrogen and oxygen atoms in total. The Morgan fingerprint density at radius 1 is 1.07 bits per heavy atom. The maximum atomic E-state index is 12.2. The summed E-state index contributed by atoms with van der Waals surface area (Å²) < 4.78 is 59.2. The molecule has 7 heteroatoms.